The minimum absolute atomic E-state index is 0.0655. The van der Waals surface area contributed by atoms with Gasteiger partial charge in [-0.15, -0.1) is 0 Å². The fourth-order valence-electron chi connectivity index (χ4n) is 3.38. The lowest BCUT2D eigenvalue weighted by atomic mass is 10.1. The van der Waals surface area contributed by atoms with Gasteiger partial charge in [0.15, 0.2) is 0 Å². The van der Waals surface area contributed by atoms with E-state index in [-0.39, 0.29) is 18.0 Å². The maximum Gasteiger partial charge on any atom is 0.254 e. The van der Waals surface area contributed by atoms with Gasteiger partial charge in [-0.3, -0.25) is 9.59 Å². The van der Waals surface area contributed by atoms with Crippen molar-refractivity contribution in [2.45, 2.75) is 25.9 Å². The van der Waals surface area contributed by atoms with Crippen LogP contribution in [0.15, 0.2) is 48.5 Å². The summed E-state index contributed by atoms with van der Waals surface area (Å²) in [6.45, 7) is 3.59. The second kappa shape index (κ2) is 9.28. The maximum atomic E-state index is 13.6. The van der Waals surface area contributed by atoms with E-state index in [1.165, 1.54) is 49.7 Å². The SMILES string of the molecule is O=C(CNC(=O)c1ccccc1F)NCc1ccccc1C[NH+]1CCCC1. The molecule has 1 saturated heterocycles. The highest BCUT2D eigenvalue weighted by Crippen LogP contribution is 2.08. The minimum Gasteiger partial charge on any atom is -0.350 e. The zero-order chi connectivity index (χ0) is 19.1. The van der Waals surface area contributed by atoms with E-state index in [1.54, 1.807) is 11.0 Å². The van der Waals surface area contributed by atoms with E-state index in [0.717, 1.165) is 12.1 Å². The molecule has 0 bridgehead atoms. The molecule has 2 amide bonds. The molecule has 0 aliphatic carbocycles. The Morgan fingerprint density at radius 3 is 2.33 bits per heavy atom. The van der Waals surface area contributed by atoms with Crippen molar-refractivity contribution in [3.63, 3.8) is 0 Å². The lowest BCUT2D eigenvalue weighted by Gasteiger charge is -2.15. The van der Waals surface area contributed by atoms with Crippen molar-refractivity contribution >= 4 is 11.8 Å². The van der Waals surface area contributed by atoms with Crippen molar-refractivity contribution in [1.29, 1.82) is 0 Å². The van der Waals surface area contributed by atoms with Gasteiger partial charge in [-0.25, -0.2) is 4.39 Å². The molecule has 1 fully saturated rings. The molecule has 0 unspecified atom stereocenters. The van der Waals surface area contributed by atoms with Crippen LogP contribution < -0.4 is 15.5 Å². The number of carbonyl (C=O) groups is 2. The zero-order valence-electron chi connectivity index (χ0n) is 15.3. The van der Waals surface area contributed by atoms with Crippen molar-refractivity contribution in [2.24, 2.45) is 0 Å². The number of amides is 2. The lowest BCUT2D eigenvalue weighted by molar-refractivity contribution is -0.901. The molecule has 2 aromatic carbocycles. The van der Waals surface area contributed by atoms with Gasteiger partial charge in [-0.1, -0.05) is 36.4 Å². The molecule has 0 aromatic heterocycles. The van der Waals surface area contributed by atoms with Crippen LogP contribution in [0.2, 0.25) is 0 Å². The molecule has 142 valence electrons. The summed E-state index contributed by atoms with van der Waals surface area (Å²) in [5.74, 6) is -1.50. The van der Waals surface area contributed by atoms with E-state index in [2.05, 4.69) is 16.7 Å². The predicted octanol–water partition coefficient (Wildman–Crippen LogP) is 1.05. The molecular formula is C21H25FN3O2+. The molecule has 3 N–H and O–H groups in total. The number of hydrogen-bond donors (Lipinski definition) is 3. The summed E-state index contributed by atoms with van der Waals surface area (Å²) in [7, 11) is 0. The number of carbonyl (C=O) groups excluding carboxylic acids is 2. The molecule has 2 aromatic rings. The number of likely N-dealkylation sites (tertiary alicyclic amines) is 1. The van der Waals surface area contributed by atoms with Crippen LogP contribution in [-0.4, -0.2) is 31.4 Å². The standard InChI is InChI=1S/C21H24FN3O2/c22-19-10-4-3-9-18(19)21(27)24-14-20(26)23-13-16-7-1-2-8-17(16)15-25-11-5-6-12-25/h1-4,7-10H,5-6,11-15H2,(H,23,26)(H,24,27)/p+1. The molecule has 3 rings (SSSR count). The average molecular weight is 370 g/mol. The molecule has 6 heteroatoms. The highest BCUT2D eigenvalue weighted by Gasteiger charge is 2.17. The van der Waals surface area contributed by atoms with Gasteiger partial charge in [0, 0.05) is 24.9 Å². The molecule has 0 atom stereocenters. The zero-order valence-corrected chi connectivity index (χ0v) is 15.3. The number of benzene rings is 2. The first kappa shape index (κ1) is 19.0. The van der Waals surface area contributed by atoms with Crippen molar-refractivity contribution < 1.29 is 18.9 Å². The second-order valence-corrected chi connectivity index (χ2v) is 6.84. The van der Waals surface area contributed by atoms with Gasteiger partial charge in [0.25, 0.3) is 5.91 Å². The summed E-state index contributed by atoms with van der Waals surface area (Å²) in [6, 6.07) is 13.8. The van der Waals surface area contributed by atoms with Crippen LogP contribution in [0.5, 0.6) is 0 Å². The third kappa shape index (κ3) is 5.37. The Kier molecular flexibility index (Phi) is 6.54. The molecule has 1 aliphatic heterocycles. The van der Waals surface area contributed by atoms with Crippen molar-refractivity contribution in [2.75, 3.05) is 19.6 Å². The van der Waals surface area contributed by atoms with Gasteiger partial charge in [0.2, 0.25) is 5.91 Å². The quantitative estimate of drug-likeness (QED) is 0.682. The molecule has 0 radical (unpaired) electrons. The van der Waals surface area contributed by atoms with Gasteiger partial charge in [0.1, 0.15) is 12.4 Å². The summed E-state index contributed by atoms with van der Waals surface area (Å²) in [5.41, 5.74) is 2.26. The van der Waals surface area contributed by atoms with E-state index in [1.807, 2.05) is 18.2 Å². The first-order chi connectivity index (χ1) is 13.1. The Bertz CT molecular complexity index is 804. The molecule has 1 heterocycles. The van der Waals surface area contributed by atoms with Crippen molar-refractivity contribution in [3.05, 3.63) is 71.0 Å². The van der Waals surface area contributed by atoms with Crippen LogP contribution in [0.3, 0.4) is 0 Å². The number of rotatable bonds is 7. The number of halogens is 1. The normalized spacial score (nSPS) is 14.1. The molecule has 27 heavy (non-hydrogen) atoms. The first-order valence-electron chi connectivity index (χ1n) is 9.33. The number of quaternary nitrogens is 1. The Morgan fingerprint density at radius 2 is 1.59 bits per heavy atom. The molecule has 0 spiro atoms. The van der Waals surface area contributed by atoms with Gasteiger partial charge < -0.3 is 15.5 Å². The summed E-state index contributed by atoms with van der Waals surface area (Å²) >= 11 is 0. The van der Waals surface area contributed by atoms with Crippen LogP contribution in [-0.2, 0) is 17.9 Å². The topological polar surface area (TPSA) is 62.6 Å². The van der Waals surface area contributed by atoms with E-state index < -0.39 is 11.7 Å². The first-order valence-corrected chi connectivity index (χ1v) is 9.33. The molecule has 1 aliphatic rings. The Balaban J connectivity index is 1.49. The lowest BCUT2D eigenvalue weighted by Crippen LogP contribution is -3.08. The van der Waals surface area contributed by atoms with Crippen LogP contribution in [0.4, 0.5) is 4.39 Å². The Hall–Kier alpha value is -2.73. The monoisotopic (exact) mass is 370 g/mol. The van der Waals surface area contributed by atoms with Gasteiger partial charge in [-0.05, 0) is 17.7 Å². The van der Waals surface area contributed by atoms with Gasteiger partial charge >= 0.3 is 0 Å². The minimum atomic E-state index is -0.603. The van der Waals surface area contributed by atoms with Crippen LogP contribution in [0.25, 0.3) is 0 Å². The van der Waals surface area contributed by atoms with Gasteiger partial charge in [0.05, 0.1) is 25.2 Å². The predicted molar refractivity (Wildman–Crippen MR) is 101 cm³/mol. The summed E-state index contributed by atoms with van der Waals surface area (Å²) in [6.07, 6.45) is 2.55. The van der Waals surface area contributed by atoms with Crippen LogP contribution in [0.1, 0.15) is 34.3 Å². The number of hydrogen-bond acceptors (Lipinski definition) is 2. The summed E-state index contributed by atoms with van der Waals surface area (Å²) in [4.78, 5) is 25.6. The van der Waals surface area contributed by atoms with Gasteiger partial charge in [-0.2, -0.15) is 0 Å². The third-order valence-electron chi connectivity index (χ3n) is 4.87. The largest absolute Gasteiger partial charge is 0.350 e. The van der Waals surface area contributed by atoms with Crippen LogP contribution >= 0.6 is 0 Å². The highest BCUT2D eigenvalue weighted by molar-refractivity contribution is 5.96. The highest BCUT2D eigenvalue weighted by atomic mass is 19.1. The molecular weight excluding hydrogens is 345 g/mol. The van der Waals surface area contributed by atoms with Crippen LogP contribution in [0, 0.1) is 5.82 Å². The van der Waals surface area contributed by atoms with E-state index in [0.29, 0.717) is 6.54 Å². The summed E-state index contributed by atoms with van der Waals surface area (Å²) in [5, 5.41) is 5.28. The Morgan fingerprint density at radius 1 is 0.926 bits per heavy atom. The third-order valence-corrected chi connectivity index (χ3v) is 4.87. The maximum absolute atomic E-state index is 13.6. The fraction of sp³-hybridized carbons (Fsp3) is 0.333. The fourth-order valence-corrected chi connectivity index (χ4v) is 3.38. The molecule has 5 nitrogen and oxygen atoms in total. The second-order valence-electron chi connectivity index (χ2n) is 6.84. The van der Waals surface area contributed by atoms with Crippen molar-refractivity contribution in [1.82, 2.24) is 10.6 Å². The van der Waals surface area contributed by atoms with E-state index in [4.69, 9.17) is 0 Å². The average Bonchev–Trinajstić information content (AvgIpc) is 3.19. The summed E-state index contributed by atoms with van der Waals surface area (Å²) < 4.78 is 13.6. The Labute approximate surface area is 158 Å². The van der Waals surface area contributed by atoms with E-state index >= 15 is 0 Å². The smallest absolute Gasteiger partial charge is 0.254 e. The van der Waals surface area contributed by atoms with E-state index in [9.17, 15) is 14.0 Å². The van der Waals surface area contributed by atoms with Crippen molar-refractivity contribution in [3.8, 4) is 0 Å². The molecule has 0 saturated carbocycles. The number of nitrogens with one attached hydrogen (secondary N) is 3.